The summed E-state index contributed by atoms with van der Waals surface area (Å²) < 4.78 is 0. The molecule has 1 aromatic heterocycles. The Bertz CT molecular complexity index is 341. The fourth-order valence-corrected chi connectivity index (χ4v) is 1.94. The first kappa shape index (κ1) is 14.1. The van der Waals surface area contributed by atoms with E-state index < -0.39 is 4.92 Å². The maximum Gasteiger partial charge on any atom is 0.324 e. The maximum atomic E-state index is 10.4. The van der Waals surface area contributed by atoms with E-state index in [1.165, 1.54) is 6.07 Å². The van der Waals surface area contributed by atoms with Gasteiger partial charge in [0.2, 0.25) is 0 Å². The third-order valence-corrected chi connectivity index (χ3v) is 3.01. The molecule has 0 aromatic carbocycles. The summed E-state index contributed by atoms with van der Waals surface area (Å²) in [5, 5.41) is 10.6. The summed E-state index contributed by atoms with van der Waals surface area (Å²) >= 11 is 1.14. The minimum atomic E-state index is -0.394. The third kappa shape index (κ3) is 3.99. The number of hydrogen-bond acceptors (Lipinski definition) is 4. The van der Waals surface area contributed by atoms with Gasteiger partial charge in [-0.3, -0.25) is 10.1 Å². The first-order valence-corrected chi connectivity index (χ1v) is 5.07. The Morgan fingerprint density at radius 3 is 2.80 bits per heavy atom. The van der Waals surface area contributed by atoms with Gasteiger partial charge in [-0.15, -0.1) is 19.0 Å². The summed E-state index contributed by atoms with van der Waals surface area (Å²) in [6.45, 7) is 3.60. The lowest BCUT2D eigenvalue weighted by Gasteiger charge is -2.05. The van der Waals surface area contributed by atoms with Crippen molar-refractivity contribution < 1.29 is 4.92 Å². The Morgan fingerprint density at radius 1 is 1.67 bits per heavy atom. The summed E-state index contributed by atoms with van der Waals surface area (Å²) in [6, 6.07) is 3.09. The molecule has 0 aliphatic heterocycles. The topological polar surface area (TPSA) is 69.2 Å². The van der Waals surface area contributed by atoms with E-state index in [1.807, 2.05) is 0 Å². The lowest BCUT2D eigenvalue weighted by atomic mass is 10.1. The summed E-state index contributed by atoms with van der Waals surface area (Å²) in [5.41, 5.74) is 5.83. The van der Waals surface area contributed by atoms with Gasteiger partial charge in [-0.2, -0.15) is 0 Å². The average molecular weight is 249 g/mol. The van der Waals surface area contributed by atoms with Gasteiger partial charge in [0.25, 0.3) is 0 Å². The smallest absolute Gasteiger partial charge is 0.323 e. The molecule has 1 aromatic rings. The van der Waals surface area contributed by atoms with Crippen LogP contribution in [0.2, 0.25) is 0 Å². The molecule has 84 valence electrons. The van der Waals surface area contributed by atoms with Gasteiger partial charge in [0.05, 0.1) is 4.92 Å². The number of nitrogens with two attached hydrogens (primary N) is 1. The monoisotopic (exact) mass is 248 g/mol. The van der Waals surface area contributed by atoms with E-state index in [0.717, 1.165) is 29.1 Å². The van der Waals surface area contributed by atoms with Crippen molar-refractivity contribution in [3.05, 3.63) is 39.8 Å². The number of nitro groups is 1. The molecule has 0 radical (unpaired) electrons. The predicted octanol–water partition coefficient (Wildman–Crippen LogP) is 3.04. The normalized spacial score (nSPS) is 11.5. The highest BCUT2D eigenvalue weighted by Crippen LogP contribution is 2.29. The Hall–Kier alpha value is -0.910. The second-order valence-electron chi connectivity index (χ2n) is 2.91. The number of nitrogens with zero attached hydrogens (tertiary/aromatic N) is 1. The van der Waals surface area contributed by atoms with Crippen LogP contribution in [0.4, 0.5) is 5.00 Å². The molecule has 1 rings (SSSR count). The molecule has 0 saturated carbocycles. The summed E-state index contributed by atoms with van der Waals surface area (Å²) in [6.07, 6.45) is 3.40. The minimum absolute atomic E-state index is 0. The van der Waals surface area contributed by atoms with Gasteiger partial charge in [-0.25, -0.2) is 0 Å². The van der Waals surface area contributed by atoms with Crippen LogP contribution in [0, 0.1) is 10.1 Å². The minimum Gasteiger partial charge on any atom is -0.323 e. The molecule has 0 amide bonds. The maximum absolute atomic E-state index is 10.4. The van der Waals surface area contributed by atoms with E-state index in [2.05, 4.69) is 6.58 Å². The SMILES string of the molecule is C=CCC[C@@H](N)c1ccc([N+](=O)[O-])s1.Cl. The quantitative estimate of drug-likeness (QED) is 0.495. The van der Waals surface area contributed by atoms with Gasteiger partial charge >= 0.3 is 5.00 Å². The van der Waals surface area contributed by atoms with Crippen molar-refractivity contribution in [2.75, 3.05) is 0 Å². The highest BCUT2D eigenvalue weighted by molar-refractivity contribution is 7.15. The molecule has 15 heavy (non-hydrogen) atoms. The van der Waals surface area contributed by atoms with Crippen molar-refractivity contribution in [2.24, 2.45) is 5.73 Å². The first-order chi connectivity index (χ1) is 6.65. The molecule has 0 spiro atoms. The van der Waals surface area contributed by atoms with Crippen LogP contribution >= 0.6 is 23.7 Å². The Kier molecular flexibility index (Phi) is 6.15. The molecule has 0 saturated heterocycles. The summed E-state index contributed by atoms with van der Waals surface area (Å²) in [4.78, 5) is 10.9. The van der Waals surface area contributed by atoms with Crippen LogP contribution in [-0.2, 0) is 0 Å². The second-order valence-corrected chi connectivity index (χ2v) is 4.00. The number of rotatable bonds is 5. The predicted molar refractivity (Wildman–Crippen MR) is 64.6 cm³/mol. The van der Waals surface area contributed by atoms with Crippen LogP contribution in [0.1, 0.15) is 23.8 Å². The van der Waals surface area contributed by atoms with E-state index in [9.17, 15) is 10.1 Å². The molecule has 0 fully saturated rings. The lowest BCUT2D eigenvalue weighted by molar-refractivity contribution is -0.380. The molecule has 4 nitrogen and oxygen atoms in total. The standard InChI is InChI=1S/C9H12N2O2S.ClH/c1-2-3-4-7(10)8-5-6-9(14-8)11(12)13;/h2,5-7H,1,3-4,10H2;1H/t7-;/m1./s1. The Balaban J connectivity index is 0.00000196. The van der Waals surface area contributed by atoms with E-state index in [1.54, 1.807) is 12.1 Å². The van der Waals surface area contributed by atoms with Gasteiger partial charge in [0, 0.05) is 17.0 Å². The van der Waals surface area contributed by atoms with Crippen LogP contribution in [0.15, 0.2) is 24.8 Å². The Labute approximate surface area is 98.4 Å². The molecule has 0 bridgehead atoms. The van der Waals surface area contributed by atoms with Gasteiger partial charge < -0.3 is 5.73 Å². The Morgan fingerprint density at radius 2 is 2.33 bits per heavy atom. The first-order valence-electron chi connectivity index (χ1n) is 4.25. The number of halogens is 1. The summed E-state index contributed by atoms with van der Waals surface area (Å²) in [5.74, 6) is 0. The lowest BCUT2D eigenvalue weighted by Crippen LogP contribution is -2.07. The van der Waals surface area contributed by atoms with Crippen molar-refractivity contribution >= 4 is 28.7 Å². The average Bonchev–Trinajstić information content (AvgIpc) is 2.62. The highest BCUT2D eigenvalue weighted by Gasteiger charge is 2.13. The van der Waals surface area contributed by atoms with Crippen molar-refractivity contribution in [1.82, 2.24) is 0 Å². The molecule has 1 atom stereocenters. The number of hydrogen-bond donors (Lipinski definition) is 1. The van der Waals surface area contributed by atoms with Crippen molar-refractivity contribution in [3.8, 4) is 0 Å². The van der Waals surface area contributed by atoms with E-state index in [0.29, 0.717) is 0 Å². The molecule has 2 N–H and O–H groups in total. The van der Waals surface area contributed by atoms with Crippen molar-refractivity contribution in [2.45, 2.75) is 18.9 Å². The van der Waals surface area contributed by atoms with Gasteiger partial charge in [0.1, 0.15) is 0 Å². The molecular weight excluding hydrogens is 236 g/mol. The van der Waals surface area contributed by atoms with E-state index in [-0.39, 0.29) is 23.4 Å². The van der Waals surface area contributed by atoms with E-state index >= 15 is 0 Å². The molecular formula is C9H13ClN2O2S. The van der Waals surface area contributed by atoms with Crippen LogP contribution < -0.4 is 5.73 Å². The van der Waals surface area contributed by atoms with Crippen molar-refractivity contribution in [1.29, 1.82) is 0 Å². The molecule has 1 heterocycles. The zero-order valence-electron chi connectivity index (χ0n) is 8.09. The second kappa shape index (κ2) is 6.55. The van der Waals surface area contributed by atoms with E-state index in [4.69, 9.17) is 5.73 Å². The largest absolute Gasteiger partial charge is 0.324 e. The van der Waals surface area contributed by atoms with Crippen LogP contribution in [0.3, 0.4) is 0 Å². The fourth-order valence-electron chi connectivity index (χ4n) is 1.08. The van der Waals surface area contributed by atoms with Crippen LogP contribution in [0.5, 0.6) is 0 Å². The highest BCUT2D eigenvalue weighted by atomic mass is 35.5. The van der Waals surface area contributed by atoms with Crippen molar-refractivity contribution in [3.63, 3.8) is 0 Å². The number of thiophene rings is 1. The third-order valence-electron chi connectivity index (χ3n) is 1.84. The molecule has 0 aliphatic carbocycles. The zero-order valence-corrected chi connectivity index (χ0v) is 9.72. The summed E-state index contributed by atoms with van der Waals surface area (Å²) in [7, 11) is 0. The van der Waals surface area contributed by atoms with Crippen LogP contribution in [0.25, 0.3) is 0 Å². The fraction of sp³-hybridized carbons (Fsp3) is 0.333. The number of allylic oxidation sites excluding steroid dienone is 1. The van der Waals surface area contributed by atoms with Gasteiger partial charge in [-0.05, 0) is 18.9 Å². The van der Waals surface area contributed by atoms with Gasteiger partial charge in [-0.1, -0.05) is 17.4 Å². The molecule has 6 heteroatoms. The molecule has 0 unspecified atom stereocenters. The zero-order chi connectivity index (χ0) is 10.6. The van der Waals surface area contributed by atoms with Crippen LogP contribution in [-0.4, -0.2) is 4.92 Å². The molecule has 0 aliphatic rings. The van der Waals surface area contributed by atoms with Gasteiger partial charge in [0.15, 0.2) is 0 Å².